The molecule has 1 amide bonds. The predicted octanol–water partition coefficient (Wildman–Crippen LogP) is 3.84. The Hall–Kier alpha value is -2.63. The number of aromatic amines is 1. The molecular formula is C19H22N4O2. The highest BCUT2D eigenvalue weighted by Crippen LogP contribution is 2.35. The Kier molecular flexibility index (Phi) is 3.63. The second kappa shape index (κ2) is 5.72. The van der Waals surface area contributed by atoms with E-state index < -0.39 is 5.60 Å². The number of hydrogen-bond donors (Lipinski definition) is 1. The number of fused-ring (bicyclic) bond motifs is 3. The van der Waals surface area contributed by atoms with Gasteiger partial charge in [-0.05, 0) is 44.9 Å². The summed E-state index contributed by atoms with van der Waals surface area (Å²) in [6, 6.07) is 4.11. The number of ether oxygens (including phenoxy) is 1. The first kappa shape index (κ1) is 15.9. The van der Waals surface area contributed by atoms with Crippen LogP contribution in [0.25, 0.3) is 21.9 Å². The number of likely N-dealkylation sites (tertiary alicyclic amines) is 1. The van der Waals surface area contributed by atoms with Gasteiger partial charge in [-0.25, -0.2) is 9.78 Å². The van der Waals surface area contributed by atoms with Gasteiger partial charge in [0, 0.05) is 42.2 Å². The van der Waals surface area contributed by atoms with Crippen molar-refractivity contribution in [1.29, 1.82) is 0 Å². The molecule has 0 radical (unpaired) electrons. The minimum absolute atomic E-state index is 0.234. The summed E-state index contributed by atoms with van der Waals surface area (Å²) in [6.45, 7) is 7.06. The van der Waals surface area contributed by atoms with Gasteiger partial charge in [0.05, 0.1) is 11.7 Å². The lowest BCUT2D eigenvalue weighted by Gasteiger charge is -2.24. The minimum Gasteiger partial charge on any atom is -0.444 e. The van der Waals surface area contributed by atoms with Crippen molar-refractivity contribution in [3.8, 4) is 0 Å². The third kappa shape index (κ3) is 2.92. The first-order chi connectivity index (χ1) is 11.9. The highest BCUT2D eigenvalue weighted by Gasteiger charge is 2.31. The van der Waals surface area contributed by atoms with Crippen molar-refractivity contribution in [3.63, 3.8) is 0 Å². The lowest BCUT2D eigenvalue weighted by atomic mass is 9.94. The quantitative estimate of drug-likeness (QED) is 0.732. The number of nitrogens with zero attached hydrogens (tertiary/aromatic N) is 3. The molecule has 1 N–H and O–H groups in total. The molecule has 3 aromatic heterocycles. The van der Waals surface area contributed by atoms with Gasteiger partial charge in [-0.1, -0.05) is 0 Å². The fourth-order valence-corrected chi connectivity index (χ4v) is 3.53. The zero-order chi connectivity index (χ0) is 17.6. The summed E-state index contributed by atoms with van der Waals surface area (Å²) in [6.07, 6.45) is 6.22. The number of pyridine rings is 2. The lowest BCUT2D eigenvalue weighted by Crippen LogP contribution is -2.35. The fourth-order valence-electron chi connectivity index (χ4n) is 3.53. The fraction of sp³-hybridized carbons (Fsp3) is 0.421. The molecule has 1 aliphatic rings. The van der Waals surface area contributed by atoms with Gasteiger partial charge in [0.2, 0.25) is 0 Å². The Balaban J connectivity index is 1.67. The molecule has 1 saturated heterocycles. The molecule has 6 nitrogen and oxygen atoms in total. The predicted molar refractivity (Wildman–Crippen MR) is 96.6 cm³/mol. The van der Waals surface area contributed by atoms with Gasteiger partial charge in [0.1, 0.15) is 11.2 Å². The molecule has 4 rings (SSSR count). The smallest absolute Gasteiger partial charge is 0.410 e. The first-order valence-electron chi connectivity index (χ1n) is 8.61. The van der Waals surface area contributed by atoms with Gasteiger partial charge >= 0.3 is 6.09 Å². The average Bonchev–Trinajstić information content (AvgIpc) is 3.22. The van der Waals surface area contributed by atoms with Crippen LogP contribution in [0.4, 0.5) is 4.79 Å². The number of aromatic nitrogens is 3. The van der Waals surface area contributed by atoms with E-state index in [1.54, 1.807) is 11.1 Å². The van der Waals surface area contributed by atoms with E-state index in [9.17, 15) is 4.79 Å². The molecule has 3 aromatic rings. The molecule has 1 unspecified atom stereocenters. The molecule has 0 bridgehead atoms. The molecule has 4 heterocycles. The van der Waals surface area contributed by atoms with E-state index >= 15 is 0 Å². The number of carbonyl (C=O) groups excluding carboxylic acids is 1. The van der Waals surface area contributed by atoms with Crippen molar-refractivity contribution >= 4 is 28.0 Å². The maximum Gasteiger partial charge on any atom is 0.410 e. The Morgan fingerprint density at radius 1 is 1.32 bits per heavy atom. The number of nitrogens with one attached hydrogen (secondary N) is 1. The number of amides is 1. The van der Waals surface area contributed by atoms with Crippen LogP contribution in [-0.2, 0) is 4.74 Å². The van der Waals surface area contributed by atoms with Crippen molar-refractivity contribution in [3.05, 3.63) is 36.3 Å². The highest BCUT2D eigenvalue weighted by atomic mass is 16.6. The van der Waals surface area contributed by atoms with Gasteiger partial charge in [-0.3, -0.25) is 4.98 Å². The standard InChI is InChI=1S/C19H22N4O2/c1-19(2,3)25-18(24)23-9-6-12(11-23)13-4-7-20-15-10-22-17-14(16(13)15)5-8-21-17/h4-5,7-8,10,12H,6,9,11H2,1-3H3,(H,21,22). The van der Waals surface area contributed by atoms with Gasteiger partial charge in [-0.2, -0.15) is 0 Å². The molecule has 0 spiro atoms. The van der Waals surface area contributed by atoms with E-state index in [-0.39, 0.29) is 12.0 Å². The summed E-state index contributed by atoms with van der Waals surface area (Å²) in [5, 5.41) is 2.21. The molecule has 25 heavy (non-hydrogen) atoms. The summed E-state index contributed by atoms with van der Waals surface area (Å²) in [5.74, 6) is 0.276. The van der Waals surface area contributed by atoms with Crippen LogP contribution in [0.5, 0.6) is 0 Å². The number of rotatable bonds is 1. The zero-order valence-electron chi connectivity index (χ0n) is 14.7. The first-order valence-corrected chi connectivity index (χ1v) is 8.61. The van der Waals surface area contributed by atoms with Crippen LogP contribution < -0.4 is 0 Å². The van der Waals surface area contributed by atoms with Gasteiger partial charge in [-0.15, -0.1) is 0 Å². The molecule has 0 aromatic carbocycles. The van der Waals surface area contributed by atoms with Crippen LogP contribution in [0, 0.1) is 0 Å². The Morgan fingerprint density at radius 3 is 2.96 bits per heavy atom. The molecule has 0 aliphatic carbocycles. The van der Waals surface area contributed by atoms with Crippen LogP contribution in [-0.4, -0.2) is 44.6 Å². The molecule has 130 valence electrons. The van der Waals surface area contributed by atoms with Gasteiger partial charge in [0.15, 0.2) is 0 Å². The summed E-state index contributed by atoms with van der Waals surface area (Å²) in [5.41, 5.74) is 2.51. The maximum absolute atomic E-state index is 12.3. The molecule has 1 fully saturated rings. The second-order valence-electron chi connectivity index (χ2n) is 7.57. The monoisotopic (exact) mass is 338 g/mol. The Labute approximate surface area is 146 Å². The van der Waals surface area contributed by atoms with Crippen molar-refractivity contribution in [2.75, 3.05) is 13.1 Å². The number of carbonyl (C=O) groups is 1. The second-order valence-corrected chi connectivity index (χ2v) is 7.57. The third-order valence-corrected chi connectivity index (χ3v) is 4.60. The van der Waals surface area contributed by atoms with E-state index in [0.717, 1.165) is 28.4 Å². The van der Waals surface area contributed by atoms with Crippen LogP contribution >= 0.6 is 0 Å². The molecule has 0 saturated carbocycles. The SMILES string of the molecule is CC(C)(C)OC(=O)N1CCC(c2ccnc3cnc4[nH]ccc4c23)C1. The number of H-pyrrole nitrogens is 1. The van der Waals surface area contributed by atoms with Gasteiger partial charge < -0.3 is 14.6 Å². The maximum atomic E-state index is 12.3. The van der Waals surface area contributed by atoms with Crippen molar-refractivity contribution in [1.82, 2.24) is 19.9 Å². The topological polar surface area (TPSA) is 71.1 Å². The molecular weight excluding hydrogens is 316 g/mol. The zero-order valence-corrected chi connectivity index (χ0v) is 14.7. The van der Waals surface area contributed by atoms with E-state index in [0.29, 0.717) is 13.1 Å². The van der Waals surface area contributed by atoms with Gasteiger partial charge in [0.25, 0.3) is 0 Å². The minimum atomic E-state index is -0.471. The lowest BCUT2D eigenvalue weighted by molar-refractivity contribution is 0.0292. The van der Waals surface area contributed by atoms with Crippen LogP contribution in [0.1, 0.15) is 38.7 Å². The van der Waals surface area contributed by atoms with Crippen LogP contribution in [0.3, 0.4) is 0 Å². The highest BCUT2D eigenvalue weighted by molar-refractivity contribution is 6.05. The van der Waals surface area contributed by atoms with Crippen LogP contribution in [0.2, 0.25) is 0 Å². The molecule has 6 heteroatoms. The summed E-state index contributed by atoms with van der Waals surface area (Å²) in [4.78, 5) is 26.2. The van der Waals surface area contributed by atoms with Crippen molar-refractivity contribution in [2.45, 2.75) is 38.7 Å². The summed E-state index contributed by atoms with van der Waals surface area (Å²) >= 11 is 0. The van der Waals surface area contributed by atoms with E-state index in [2.05, 4.69) is 21.0 Å². The van der Waals surface area contributed by atoms with E-state index in [1.165, 1.54) is 5.56 Å². The number of hydrogen-bond acceptors (Lipinski definition) is 4. The largest absolute Gasteiger partial charge is 0.444 e. The van der Waals surface area contributed by atoms with E-state index in [4.69, 9.17) is 4.74 Å². The van der Waals surface area contributed by atoms with Crippen LogP contribution in [0.15, 0.2) is 30.7 Å². The molecule has 1 aliphatic heterocycles. The summed E-state index contributed by atoms with van der Waals surface area (Å²) < 4.78 is 5.51. The Morgan fingerprint density at radius 2 is 2.16 bits per heavy atom. The van der Waals surface area contributed by atoms with Crippen molar-refractivity contribution in [2.24, 2.45) is 0 Å². The van der Waals surface area contributed by atoms with E-state index in [1.807, 2.05) is 39.2 Å². The van der Waals surface area contributed by atoms with Crippen molar-refractivity contribution < 1.29 is 9.53 Å². The Bertz CT molecular complexity index is 941. The average molecular weight is 338 g/mol. The summed E-state index contributed by atoms with van der Waals surface area (Å²) in [7, 11) is 0. The molecule has 1 atom stereocenters. The third-order valence-electron chi connectivity index (χ3n) is 4.60. The normalized spacial score (nSPS) is 18.2.